The number of nitrogens with zero attached hydrogens (tertiary/aromatic N) is 1. The number of rotatable bonds is 4. The van der Waals surface area contributed by atoms with Crippen LogP contribution >= 0.6 is 0 Å². The summed E-state index contributed by atoms with van der Waals surface area (Å²) in [6.07, 6.45) is 1.31. The molecule has 0 aliphatic carbocycles. The summed E-state index contributed by atoms with van der Waals surface area (Å²) in [4.78, 5) is 29.6. The summed E-state index contributed by atoms with van der Waals surface area (Å²) < 4.78 is 5.51. The van der Waals surface area contributed by atoms with Gasteiger partial charge < -0.3 is 14.6 Å². The molecular weight excluding hydrogens is 292 g/mol. The zero-order chi connectivity index (χ0) is 16.4. The predicted octanol–water partition coefficient (Wildman–Crippen LogP) is 2.44. The molecule has 3 rings (SSSR count). The molecule has 2 heterocycles. The maximum Gasteiger partial charge on any atom is 0.253 e. The molecule has 122 valence electrons. The van der Waals surface area contributed by atoms with Crippen molar-refractivity contribution >= 4 is 16.8 Å². The quantitative estimate of drug-likeness (QED) is 0.943. The van der Waals surface area contributed by atoms with Crippen LogP contribution in [0.5, 0.6) is 0 Å². The van der Waals surface area contributed by atoms with Crippen LogP contribution in [-0.2, 0) is 16.1 Å². The van der Waals surface area contributed by atoms with Crippen LogP contribution in [0.4, 0.5) is 0 Å². The van der Waals surface area contributed by atoms with Gasteiger partial charge in [-0.3, -0.25) is 9.59 Å². The van der Waals surface area contributed by atoms with E-state index in [1.807, 2.05) is 44.2 Å². The standard InChI is InChI=1S/C18H22N2O3/c1-12(2)20(18(22)16-8-5-9-23-16)11-14-10-13-6-3-4-7-15(13)19-17(14)21/h3-4,6-7,10,12,16H,5,8-9,11H2,1-2H3,(H,19,21)/t16-/m0/s1. The molecule has 1 aliphatic heterocycles. The number of H-pyrrole nitrogens is 1. The highest BCUT2D eigenvalue weighted by atomic mass is 16.5. The molecule has 0 bridgehead atoms. The zero-order valence-corrected chi connectivity index (χ0v) is 13.5. The van der Waals surface area contributed by atoms with Gasteiger partial charge >= 0.3 is 0 Å². The Kier molecular flexibility index (Phi) is 4.48. The third-order valence-corrected chi connectivity index (χ3v) is 4.28. The third kappa shape index (κ3) is 3.29. The molecule has 1 aromatic carbocycles. The molecule has 1 saturated heterocycles. The molecule has 5 heteroatoms. The lowest BCUT2D eigenvalue weighted by molar-refractivity contribution is -0.143. The maximum absolute atomic E-state index is 12.7. The number of ether oxygens (including phenoxy) is 1. The number of hydrogen-bond acceptors (Lipinski definition) is 3. The highest BCUT2D eigenvalue weighted by Gasteiger charge is 2.30. The molecule has 0 spiro atoms. The number of nitrogens with one attached hydrogen (secondary N) is 1. The first-order chi connectivity index (χ1) is 11.1. The number of para-hydroxylation sites is 1. The molecule has 1 fully saturated rings. The van der Waals surface area contributed by atoms with Gasteiger partial charge in [0.2, 0.25) is 0 Å². The molecule has 1 atom stereocenters. The second kappa shape index (κ2) is 6.54. The average Bonchev–Trinajstić information content (AvgIpc) is 3.06. The summed E-state index contributed by atoms with van der Waals surface area (Å²) in [6.45, 7) is 4.86. The summed E-state index contributed by atoms with van der Waals surface area (Å²) in [6, 6.07) is 9.53. The van der Waals surface area contributed by atoms with E-state index in [4.69, 9.17) is 4.74 Å². The lowest BCUT2D eigenvalue weighted by Gasteiger charge is -2.29. The molecule has 1 aliphatic rings. The molecule has 1 N–H and O–H groups in total. The first-order valence-corrected chi connectivity index (χ1v) is 8.09. The Hall–Kier alpha value is -2.14. The van der Waals surface area contributed by atoms with Crippen molar-refractivity contribution in [2.75, 3.05) is 6.61 Å². The molecular formula is C18H22N2O3. The van der Waals surface area contributed by atoms with Gasteiger partial charge in [0, 0.05) is 23.7 Å². The predicted molar refractivity (Wildman–Crippen MR) is 89.2 cm³/mol. The normalized spacial score (nSPS) is 17.8. The lowest BCUT2D eigenvalue weighted by Crippen LogP contribution is -2.43. The largest absolute Gasteiger partial charge is 0.368 e. The highest BCUT2D eigenvalue weighted by Crippen LogP contribution is 2.18. The lowest BCUT2D eigenvalue weighted by atomic mass is 10.1. The molecule has 0 unspecified atom stereocenters. The van der Waals surface area contributed by atoms with Gasteiger partial charge in [-0.15, -0.1) is 0 Å². The van der Waals surface area contributed by atoms with Crippen molar-refractivity contribution in [3.8, 4) is 0 Å². The van der Waals surface area contributed by atoms with Gasteiger partial charge in [0.05, 0.1) is 6.54 Å². The van der Waals surface area contributed by atoms with Gasteiger partial charge in [0.25, 0.3) is 11.5 Å². The Labute approximate surface area is 135 Å². The minimum atomic E-state index is -0.364. The van der Waals surface area contributed by atoms with Crippen LogP contribution < -0.4 is 5.56 Å². The minimum Gasteiger partial charge on any atom is -0.368 e. The number of carbonyl (C=O) groups excluding carboxylic acids is 1. The summed E-state index contributed by atoms with van der Waals surface area (Å²) in [5, 5.41) is 0.968. The van der Waals surface area contributed by atoms with Crippen LogP contribution in [0, 0.1) is 0 Å². The van der Waals surface area contributed by atoms with Crippen molar-refractivity contribution in [2.24, 2.45) is 0 Å². The van der Waals surface area contributed by atoms with Gasteiger partial charge in [-0.05, 0) is 44.2 Å². The second-order valence-electron chi connectivity index (χ2n) is 6.27. The summed E-state index contributed by atoms with van der Waals surface area (Å²) >= 11 is 0. The van der Waals surface area contributed by atoms with E-state index in [0.717, 1.165) is 23.7 Å². The van der Waals surface area contributed by atoms with Gasteiger partial charge in [-0.2, -0.15) is 0 Å². The Bertz CT molecular complexity index is 760. The number of pyridine rings is 1. The maximum atomic E-state index is 12.7. The molecule has 5 nitrogen and oxygen atoms in total. The molecule has 23 heavy (non-hydrogen) atoms. The number of carbonyl (C=O) groups is 1. The van der Waals surface area contributed by atoms with E-state index in [1.165, 1.54) is 0 Å². The molecule has 0 radical (unpaired) electrons. The number of amides is 1. The number of benzene rings is 1. The van der Waals surface area contributed by atoms with Crippen molar-refractivity contribution in [1.82, 2.24) is 9.88 Å². The van der Waals surface area contributed by atoms with E-state index >= 15 is 0 Å². The van der Waals surface area contributed by atoms with Crippen LogP contribution in [-0.4, -0.2) is 34.5 Å². The second-order valence-corrected chi connectivity index (χ2v) is 6.27. The van der Waals surface area contributed by atoms with Crippen molar-refractivity contribution in [2.45, 2.75) is 45.4 Å². The van der Waals surface area contributed by atoms with Crippen molar-refractivity contribution in [1.29, 1.82) is 0 Å². The van der Waals surface area contributed by atoms with Crippen LogP contribution in [0.25, 0.3) is 10.9 Å². The number of hydrogen-bond donors (Lipinski definition) is 1. The molecule has 1 amide bonds. The first kappa shape index (κ1) is 15.7. The highest BCUT2D eigenvalue weighted by molar-refractivity contribution is 5.82. The molecule has 2 aromatic rings. The van der Waals surface area contributed by atoms with Crippen molar-refractivity contribution < 1.29 is 9.53 Å². The van der Waals surface area contributed by atoms with E-state index in [0.29, 0.717) is 18.7 Å². The topological polar surface area (TPSA) is 62.4 Å². The van der Waals surface area contributed by atoms with E-state index in [2.05, 4.69) is 4.98 Å². The Morgan fingerprint density at radius 2 is 2.17 bits per heavy atom. The van der Waals surface area contributed by atoms with Gasteiger partial charge in [-0.1, -0.05) is 18.2 Å². The Balaban J connectivity index is 1.89. The fraction of sp³-hybridized carbons (Fsp3) is 0.444. The van der Waals surface area contributed by atoms with Crippen LogP contribution in [0.2, 0.25) is 0 Å². The van der Waals surface area contributed by atoms with E-state index in [1.54, 1.807) is 4.90 Å². The zero-order valence-electron chi connectivity index (χ0n) is 13.5. The summed E-state index contributed by atoms with van der Waals surface area (Å²) in [7, 11) is 0. The minimum absolute atomic E-state index is 0.0116. The fourth-order valence-electron chi connectivity index (χ4n) is 2.97. The van der Waals surface area contributed by atoms with E-state index in [-0.39, 0.29) is 23.6 Å². The fourth-order valence-corrected chi connectivity index (χ4v) is 2.97. The van der Waals surface area contributed by atoms with E-state index < -0.39 is 0 Å². The number of aromatic amines is 1. The van der Waals surface area contributed by atoms with Crippen LogP contribution in [0.1, 0.15) is 32.3 Å². The SMILES string of the molecule is CC(C)N(Cc1cc2ccccc2[nH]c1=O)C(=O)[C@@H]1CCCO1. The molecule has 1 aromatic heterocycles. The summed E-state index contributed by atoms with van der Waals surface area (Å²) in [5.74, 6) is -0.0231. The Morgan fingerprint density at radius 3 is 2.87 bits per heavy atom. The third-order valence-electron chi connectivity index (χ3n) is 4.28. The van der Waals surface area contributed by atoms with Crippen molar-refractivity contribution in [3.05, 3.63) is 46.2 Å². The molecule has 0 saturated carbocycles. The smallest absolute Gasteiger partial charge is 0.253 e. The van der Waals surface area contributed by atoms with Crippen LogP contribution in [0.15, 0.2) is 35.1 Å². The van der Waals surface area contributed by atoms with Gasteiger partial charge in [-0.25, -0.2) is 0 Å². The van der Waals surface area contributed by atoms with Crippen LogP contribution in [0.3, 0.4) is 0 Å². The first-order valence-electron chi connectivity index (χ1n) is 8.09. The number of fused-ring (bicyclic) bond motifs is 1. The Morgan fingerprint density at radius 1 is 1.39 bits per heavy atom. The van der Waals surface area contributed by atoms with Gasteiger partial charge in [0.15, 0.2) is 0 Å². The number of aromatic nitrogens is 1. The van der Waals surface area contributed by atoms with E-state index in [9.17, 15) is 9.59 Å². The monoisotopic (exact) mass is 314 g/mol. The average molecular weight is 314 g/mol. The van der Waals surface area contributed by atoms with Crippen molar-refractivity contribution in [3.63, 3.8) is 0 Å². The summed E-state index contributed by atoms with van der Waals surface area (Å²) in [5.41, 5.74) is 1.26. The van der Waals surface area contributed by atoms with Gasteiger partial charge in [0.1, 0.15) is 6.10 Å².